The average molecular weight is 417 g/mol. The topological polar surface area (TPSA) is 88.0 Å². The molecule has 1 N–H and O–H groups in total. The molecule has 9 heteroatoms. The van der Waals surface area contributed by atoms with Crippen molar-refractivity contribution in [2.24, 2.45) is 0 Å². The molecule has 1 amide bonds. The minimum absolute atomic E-state index is 0.0678. The summed E-state index contributed by atoms with van der Waals surface area (Å²) in [6, 6.07) is 8.91. The number of hydrogen-bond acceptors (Lipinski definition) is 7. The number of nitrogens with one attached hydrogen (secondary N) is 1. The number of carbonyl (C=O) groups excluding carboxylic acids is 1. The second kappa shape index (κ2) is 8.79. The van der Waals surface area contributed by atoms with Crippen LogP contribution >= 0.6 is 11.3 Å². The average Bonchev–Trinajstić information content (AvgIpc) is 3.45. The number of nitro groups is 1. The summed E-state index contributed by atoms with van der Waals surface area (Å²) in [6.07, 6.45) is 2.11. The molecule has 1 aromatic heterocycles. The first-order chi connectivity index (χ1) is 14.1. The van der Waals surface area contributed by atoms with Crippen LogP contribution in [0.3, 0.4) is 0 Å². The molecule has 8 nitrogen and oxygen atoms in total. The number of rotatable bonds is 6. The summed E-state index contributed by atoms with van der Waals surface area (Å²) in [4.78, 5) is 28.4. The fourth-order valence-corrected chi connectivity index (χ4v) is 4.47. The van der Waals surface area contributed by atoms with Gasteiger partial charge in [-0.25, -0.2) is 0 Å². The first-order valence-electron chi connectivity index (χ1n) is 9.83. The maximum absolute atomic E-state index is 12.5. The molecule has 0 bridgehead atoms. The number of piperazine rings is 1. The Morgan fingerprint density at radius 3 is 2.76 bits per heavy atom. The number of amides is 1. The Balaban J connectivity index is 1.42. The van der Waals surface area contributed by atoms with E-state index in [1.807, 2.05) is 28.5 Å². The van der Waals surface area contributed by atoms with Gasteiger partial charge < -0.3 is 19.9 Å². The number of nitro benzene ring substituents is 1. The lowest BCUT2D eigenvalue weighted by Gasteiger charge is -2.36. The molecular weight excluding hydrogens is 392 g/mol. The summed E-state index contributed by atoms with van der Waals surface area (Å²) in [7, 11) is 0. The molecule has 0 saturated carbocycles. The number of ether oxygens (including phenoxy) is 1. The Hall–Kier alpha value is -2.65. The summed E-state index contributed by atoms with van der Waals surface area (Å²) in [5, 5.41) is 16.5. The lowest BCUT2D eigenvalue weighted by Crippen LogP contribution is -2.48. The maximum atomic E-state index is 12.5. The zero-order valence-corrected chi connectivity index (χ0v) is 16.9. The molecule has 1 unspecified atom stereocenters. The number of thiophene rings is 1. The molecule has 2 aliphatic rings. The van der Waals surface area contributed by atoms with E-state index in [0.717, 1.165) is 30.0 Å². The zero-order chi connectivity index (χ0) is 20.2. The summed E-state index contributed by atoms with van der Waals surface area (Å²) in [6.45, 7) is 3.97. The van der Waals surface area contributed by atoms with Crippen molar-refractivity contribution in [1.29, 1.82) is 0 Å². The van der Waals surface area contributed by atoms with E-state index < -0.39 is 0 Å². The van der Waals surface area contributed by atoms with Gasteiger partial charge in [0.05, 0.1) is 15.9 Å². The van der Waals surface area contributed by atoms with Gasteiger partial charge in [-0.05, 0) is 36.4 Å². The predicted molar refractivity (Wildman–Crippen MR) is 113 cm³/mol. The molecule has 0 radical (unpaired) electrons. The fraction of sp³-hybridized carbons (Fsp3) is 0.450. The van der Waals surface area contributed by atoms with Crippen molar-refractivity contribution in [3.63, 3.8) is 0 Å². The molecule has 2 fully saturated rings. The first kappa shape index (κ1) is 19.7. The van der Waals surface area contributed by atoms with Gasteiger partial charge in [0.15, 0.2) is 0 Å². The van der Waals surface area contributed by atoms with Gasteiger partial charge in [0.1, 0.15) is 5.69 Å². The summed E-state index contributed by atoms with van der Waals surface area (Å²) in [5.74, 6) is 0.0715. The van der Waals surface area contributed by atoms with Gasteiger partial charge in [0, 0.05) is 51.1 Å². The monoisotopic (exact) mass is 416 g/mol. The van der Waals surface area contributed by atoms with Crippen molar-refractivity contribution in [3.05, 3.63) is 50.7 Å². The lowest BCUT2D eigenvalue weighted by molar-refractivity contribution is -0.383. The van der Waals surface area contributed by atoms with E-state index in [-0.39, 0.29) is 22.6 Å². The highest BCUT2D eigenvalue weighted by Crippen LogP contribution is 2.31. The summed E-state index contributed by atoms with van der Waals surface area (Å²) < 4.78 is 5.61. The summed E-state index contributed by atoms with van der Waals surface area (Å²) in [5.41, 5.74) is 1.51. The second-order valence-corrected chi connectivity index (χ2v) is 8.18. The quantitative estimate of drug-likeness (QED) is 0.575. The zero-order valence-electron chi connectivity index (χ0n) is 16.1. The van der Waals surface area contributed by atoms with Crippen LogP contribution in [-0.2, 0) is 4.74 Å². The molecule has 1 atom stereocenters. The van der Waals surface area contributed by atoms with Gasteiger partial charge in [-0.15, -0.1) is 11.3 Å². The van der Waals surface area contributed by atoms with Crippen LogP contribution in [0.25, 0.3) is 0 Å². The van der Waals surface area contributed by atoms with Gasteiger partial charge in [-0.1, -0.05) is 6.07 Å². The molecule has 3 heterocycles. The predicted octanol–water partition coefficient (Wildman–Crippen LogP) is 3.21. The van der Waals surface area contributed by atoms with Crippen LogP contribution in [0.1, 0.15) is 22.5 Å². The van der Waals surface area contributed by atoms with Crippen LogP contribution in [0.4, 0.5) is 17.1 Å². The number of anilines is 2. The van der Waals surface area contributed by atoms with Crippen molar-refractivity contribution in [2.75, 3.05) is 49.5 Å². The molecule has 154 valence electrons. The minimum atomic E-state index is -0.362. The number of carbonyl (C=O) groups is 1. The second-order valence-electron chi connectivity index (χ2n) is 7.23. The maximum Gasteiger partial charge on any atom is 0.292 e. The van der Waals surface area contributed by atoms with Crippen molar-refractivity contribution >= 4 is 34.3 Å². The van der Waals surface area contributed by atoms with Gasteiger partial charge in [-0.2, -0.15) is 0 Å². The molecule has 2 saturated heterocycles. The van der Waals surface area contributed by atoms with Crippen LogP contribution in [-0.4, -0.2) is 61.2 Å². The SMILES string of the molecule is O=C(c1cccs1)N1CCN(c2ccc([N+](=O)[O-])c(NCC3CCCO3)c2)CC1. The highest BCUT2D eigenvalue weighted by atomic mass is 32.1. The number of benzene rings is 1. The molecule has 29 heavy (non-hydrogen) atoms. The Labute approximate surface area is 173 Å². The van der Waals surface area contributed by atoms with Gasteiger partial charge >= 0.3 is 0 Å². The molecule has 2 aliphatic heterocycles. The van der Waals surface area contributed by atoms with Crippen molar-refractivity contribution < 1.29 is 14.5 Å². The Kier molecular flexibility index (Phi) is 5.96. The van der Waals surface area contributed by atoms with Crippen molar-refractivity contribution in [1.82, 2.24) is 4.90 Å². The van der Waals surface area contributed by atoms with E-state index in [9.17, 15) is 14.9 Å². The molecular formula is C20H24N4O4S. The van der Waals surface area contributed by atoms with Crippen LogP contribution in [0.2, 0.25) is 0 Å². The Bertz CT molecular complexity index is 859. The Morgan fingerprint density at radius 1 is 1.28 bits per heavy atom. The third kappa shape index (κ3) is 4.51. The van der Waals surface area contributed by atoms with Gasteiger partial charge in [0.25, 0.3) is 11.6 Å². The third-order valence-electron chi connectivity index (χ3n) is 5.38. The molecule has 1 aromatic carbocycles. The molecule has 0 aliphatic carbocycles. The van der Waals surface area contributed by atoms with E-state index in [4.69, 9.17) is 4.74 Å². The van der Waals surface area contributed by atoms with Crippen molar-refractivity contribution in [2.45, 2.75) is 18.9 Å². The van der Waals surface area contributed by atoms with Gasteiger partial charge in [-0.3, -0.25) is 14.9 Å². The fourth-order valence-electron chi connectivity index (χ4n) is 3.77. The smallest absolute Gasteiger partial charge is 0.292 e. The first-order valence-corrected chi connectivity index (χ1v) is 10.7. The highest BCUT2D eigenvalue weighted by Gasteiger charge is 2.25. The normalized spacial score (nSPS) is 19.4. The van der Waals surface area contributed by atoms with E-state index >= 15 is 0 Å². The van der Waals surface area contributed by atoms with Crippen molar-refractivity contribution in [3.8, 4) is 0 Å². The van der Waals surface area contributed by atoms with E-state index in [1.54, 1.807) is 12.1 Å². The van der Waals surface area contributed by atoms with E-state index in [1.165, 1.54) is 11.3 Å². The van der Waals surface area contributed by atoms with E-state index in [2.05, 4.69) is 10.2 Å². The van der Waals surface area contributed by atoms with Crippen LogP contribution in [0.15, 0.2) is 35.7 Å². The number of hydrogen-bond donors (Lipinski definition) is 1. The van der Waals surface area contributed by atoms with Gasteiger partial charge in [0.2, 0.25) is 0 Å². The van der Waals surface area contributed by atoms with Crippen LogP contribution in [0.5, 0.6) is 0 Å². The highest BCUT2D eigenvalue weighted by molar-refractivity contribution is 7.12. The minimum Gasteiger partial charge on any atom is -0.377 e. The lowest BCUT2D eigenvalue weighted by atomic mass is 10.2. The largest absolute Gasteiger partial charge is 0.377 e. The standard InChI is InChI=1S/C20H24N4O4S/c25-20(19-4-2-12-29-19)23-9-7-22(8-10-23)15-5-6-18(24(26)27)17(13-15)21-14-16-3-1-11-28-16/h2,4-6,12-13,16,21H,1,3,7-11,14H2. The molecule has 2 aromatic rings. The van der Waals surface area contributed by atoms with Crippen LogP contribution in [0, 0.1) is 10.1 Å². The molecule has 0 spiro atoms. The van der Waals surface area contributed by atoms with Crippen LogP contribution < -0.4 is 10.2 Å². The third-order valence-corrected chi connectivity index (χ3v) is 6.24. The number of nitrogens with zero attached hydrogens (tertiary/aromatic N) is 3. The van der Waals surface area contributed by atoms with E-state index in [0.29, 0.717) is 38.4 Å². The Morgan fingerprint density at radius 2 is 2.10 bits per heavy atom. The molecule has 4 rings (SSSR count). The summed E-state index contributed by atoms with van der Waals surface area (Å²) >= 11 is 1.46.